The van der Waals surface area contributed by atoms with Crippen LogP contribution in [0, 0.1) is 11.3 Å². The van der Waals surface area contributed by atoms with Gasteiger partial charge < -0.3 is 35.2 Å². The standard InChI is InChI=1S/C29H37N3O4.C4H6O5/c1-21(2)26(33)30-25(19-36-18-22-11-6-4-7-12-22)27(34)32-16-10-15-29(20-32)24(17-31(3)28(29)35)23-13-8-5-9-14-23;5-2(4(8)9)1-3(6)7/h4-9,11-14,21,24-25H,10,15-20H2,1-3H3,(H,30,33);2,5H,1H2,(H,6,7)(H,8,9)/t24-,25+,29-;/m0./s1. The van der Waals surface area contributed by atoms with Crippen molar-refractivity contribution in [3.05, 3.63) is 71.8 Å². The van der Waals surface area contributed by atoms with Crippen molar-refractivity contribution in [3.63, 3.8) is 0 Å². The lowest BCUT2D eigenvalue weighted by molar-refractivity contribution is -0.152. The fraction of sp³-hybridized carbons (Fsp3) is 0.485. The van der Waals surface area contributed by atoms with Gasteiger partial charge in [0.15, 0.2) is 6.10 Å². The third kappa shape index (κ3) is 9.35. The van der Waals surface area contributed by atoms with E-state index >= 15 is 0 Å². The van der Waals surface area contributed by atoms with E-state index in [1.807, 2.05) is 55.6 Å². The number of carbonyl (C=O) groups is 5. The van der Waals surface area contributed by atoms with Gasteiger partial charge in [-0.2, -0.15) is 0 Å². The number of rotatable bonds is 11. The van der Waals surface area contributed by atoms with Crippen LogP contribution in [0.15, 0.2) is 60.7 Å². The highest BCUT2D eigenvalue weighted by Crippen LogP contribution is 2.49. The summed E-state index contributed by atoms with van der Waals surface area (Å²) in [6.07, 6.45) is -1.06. The second kappa shape index (κ2) is 16.1. The Morgan fingerprint density at radius 3 is 2.20 bits per heavy atom. The summed E-state index contributed by atoms with van der Waals surface area (Å²) in [7, 11) is 1.84. The molecule has 0 aromatic heterocycles. The summed E-state index contributed by atoms with van der Waals surface area (Å²) < 4.78 is 5.88. The summed E-state index contributed by atoms with van der Waals surface area (Å²) in [6, 6.07) is 19.1. The van der Waals surface area contributed by atoms with Crippen LogP contribution in [0.5, 0.6) is 0 Å². The fourth-order valence-electron chi connectivity index (χ4n) is 5.76. The first-order valence-corrected chi connectivity index (χ1v) is 15.0. The SMILES string of the molecule is CC(C)C(=O)N[C@H](COCc1ccccc1)C(=O)N1CCC[C@@]2(C1)C(=O)N(C)C[C@H]2c1ccccc1.O=C(O)CC(O)C(=O)O. The van der Waals surface area contributed by atoms with E-state index in [2.05, 4.69) is 17.4 Å². The lowest BCUT2D eigenvalue weighted by atomic mass is 9.69. The smallest absolute Gasteiger partial charge is 0.333 e. The monoisotopic (exact) mass is 625 g/mol. The second-order valence-corrected chi connectivity index (χ2v) is 11.8. The third-order valence-corrected chi connectivity index (χ3v) is 8.12. The molecule has 1 unspecified atom stereocenters. The molecule has 2 aromatic rings. The van der Waals surface area contributed by atoms with E-state index in [9.17, 15) is 24.0 Å². The van der Waals surface area contributed by atoms with E-state index in [0.717, 1.165) is 24.0 Å². The number of aliphatic carboxylic acids is 2. The zero-order valence-corrected chi connectivity index (χ0v) is 25.9. The van der Waals surface area contributed by atoms with Gasteiger partial charge in [-0.3, -0.25) is 19.2 Å². The number of ether oxygens (including phenoxy) is 1. The molecule has 1 spiro atoms. The van der Waals surface area contributed by atoms with Crippen molar-refractivity contribution in [2.75, 3.05) is 33.3 Å². The molecule has 2 heterocycles. The fourth-order valence-corrected chi connectivity index (χ4v) is 5.76. The summed E-state index contributed by atoms with van der Waals surface area (Å²) in [5.41, 5.74) is 1.48. The second-order valence-electron chi connectivity index (χ2n) is 11.8. The zero-order chi connectivity index (χ0) is 33.1. The zero-order valence-electron chi connectivity index (χ0n) is 25.9. The van der Waals surface area contributed by atoms with Crippen molar-refractivity contribution in [2.24, 2.45) is 11.3 Å². The van der Waals surface area contributed by atoms with E-state index < -0.39 is 35.9 Å². The Morgan fingerprint density at radius 1 is 1.02 bits per heavy atom. The average molecular weight is 626 g/mol. The van der Waals surface area contributed by atoms with Gasteiger partial charge in [0.1, 0.15) is 6.04 Å². The Labute approximate surface area is 263 Å². The maximum atomic E-state index is 13.8. The van der Waals surface area contributed by atoms with E-state index in [4.69, 9.17) is 20.1 Å². The molecule has 4 atom stereocenters. The first-order chi connectivity index (χ1) is 21.4. The van der Waals surface area contributed by atoms with Gasteiger partial charge in [-0.25, -0.2) is 4.79 Å². The first kappa shape index (κ1) is 35.2. The number of nitrogens with one attached hydrogen (secondary N) is 1. The molecule has 4 N–H and O–H groups in total. The number of hydrogen-bond donors (Lipinski definition) is 4. The topological polar surface area (TPSA) is 174 Å². The van der Waals surface area contributed by atoms with Crippen LogP contribution in [-0.2, 0) is 35.3 Å². The number of aliphatic hydroxyl groups excluding tert-OH is 1. The number of benzene rings is 2. The van der Waals surface area contributed by atoms with Crippen molar-refractivity contribution in [2.45, 2.75) is 57.8 Å². The Kier molecular flexibility index (Phi) is 12.6. The molecule has 2 aliphatic rings. The highest BCUT2D eigenvalue weighted by molar-refractivity contribution is 5.91. The molecule has 0 saturated carbocycles. The number of aliphatic hydroxyl groups is 1. The van der Waals surface area contributed by atoms with Crippen LogP contribution in [0.1, 0.15) is 50.2 Å². The number of carboxylic acid groups (broad SMARTS) is 2. The molecule has 0 bridgehead atoms. The largest absolute Gasteiger partial charge is 0.481 e. The summed E-state index contributed by atoms with van der Waals surface area (Å²) in [6.45, 7) is 5.58. The highest BCUT2D eigenvalue weighted by Gasteiger charge is 2.55. The molecule has 244 valence electrons. The molecule has 4 rings (SSSR count). The number of hydrogen-bond acceptors (Lipinski definition) is 7. The van der Waals surface area contributed by atoms with Gasteiger partial charge in [0.2, 0.25) is 17.7 Å². The van der Waals surface area contributed by atoms with Gasteiger partial charge >= 0.3 is 11.9 Å². The van der Waals surface area contributed by atoms with Crippen LogP contribution in [0.25, 0.3) is 0 Å². The molecule has 0 radical (unpaired) electrons. The lowest BCUT2D eigenvalue weighted by Gasteiger charge is -2.43. The predicted octanol–water partition coefficient (Wildman–Crippen LogP) is 2.12. The van der Waals surface area contributed by atoms with Crippen LogP contribution in [-0.4, -0.2) is 100 Å². The van der Waals surface area contributed by atoms with Crippen molar-refractivity contribution in [3.8, 4) is 0 Å². The normalized spacial score (nSPS) is 20.7. The van der Waals surface area contributed by atoms with Crippen molar-refractivity contribution in [1.29, 1.82) is 0 Å². The number of likely N-dealkylation sites (tertiary alicyclic amines) is 2. The van der Waals surface area contributed by atoms with Gasteiger partial charge in [0, 0.05) is 38.5 Å². The Hall–Kier alpha value is -4.29. The van der Waals surface area contributed by atoms with Gasteiger partial charge in [0.25, 0.3) is 0 Å². The third-order valence-electron chi connectivity index (χ3n) is 8.12. The molecule has 3 amide bonds. The summed E-state index contributed by atoms with van der Waals surface area (Å²) in [4.78, 5) is 62.8. The van der Waals surface area contributed by atoms with Crippen LogP contribution in [0.4, 0.5) is 0 Å². The van der Waals surface area contributed by atoms with Crippen LogP contribution >= 0.6 is 0 Å². The molecule has 2 saturated heterocycles. The predicted molar refractivity (Wildman–Crippen MR) is 164 cm³/mol. The molecule has 2 aliphatic heterocycles. The van der Waals surface area contributed by atoms with E-state index in [0.29, 0.717) is 26.2 Å². The van der Waals surface area contributed by atoms with Gasteiger partial charge in [0.05, 0.1) is 25.0 Å². The number of piperidine rings is 1. The van der Waals surface area contributed by atoms with Gasteiger partial charge in [-0.05, 0) is 24.0 Å². The molecule has 2 fully saturated rings. The van der Waals surface area contributed by atoms with Crippen LogP contribution in [0.2, 0.25) is 0 Å². The maximum Gasteiger partial charge on any atom is 0.333 e. The van der Waals surface area contributed by atoms with Gasteiger partial charge in [-0.15, -0.1) is 0 Å². The van der Waals surface area contributed by atoms with Crippen molar-refractivity contribution in [1.82, 2.24) is 15.1 Å². The van der Waals surface area contributed by atoms with Crippen molar-refractivity contribution >= 4 is 29.7 Å². The Balaban J connectivity index is 0.000000535. The molecular formula is C33H43N3O9. The molecule has 12 nitrogen and oxygen atoms in total. The quantitative estimate of drug-likeness (QED) is 0.292. The van der Waals surface area contributed by atoms with Crippen LogP contribution < -0.4 is 5.32 Å². The van der Waals surface area contributed by atoms with E-state index in [-0.39, 0.29) is 36.2 Å². The maximum absolute atomic E-state index is 13.8. The molecule has 45 heavy (non-hydrogen) atoms. The lowest BCUT2D eigenvalue weighted by Crippen LogP contribution is -2.57. The number of carboxylic acids is 2. The summed E-state index contributed by atoms with van der Waals surface area (Å²) >= 11 is 0. The van der Waals surface area contributed by atoms with Gasteiger partial charge in [-0.1, -0.05) is 74.5 Å². The first-order valence-electron chi connectivity index (χ1n) is 15.0. The molecule has 2 aromatic carbocycles. The highest BCUT2D eigenvalue weighted by atomic mass is 16.5. The number of carbonyl (C=O) groups excluding carboxylic acids is 3. The minimum absolute atomic E-state index is 0.0184. The summed E-state index contributed by atoms with van der Waals surface area (Å²) in [5.74, 6) is -3.37. The Bertz CT molecular complexity index is 1320. The average Bonchev–Trinajstić information content (AvgIpc) is 3.25. The van der Waals surface area contributed by atoms with Crippen molar-refractivity contribution < 1.29 is 44.0 Å². The number of amides is 3. The number of likely N-dealkylation sites (N-methyl/N-ethyl adjacent to an activating group) is 1. The minimum Gasteiger partial charge on any atom is -0.481 e. The Morgan fingerprint density at radius 2 is 1.64 bits per heavy atom. The van der Waals surface area contributed by atoms with E-state index in [1.165, 1.54) is 0 Å². The van der Waals surface area contributed by atoms with Crippen LogP contribution in [0.3, 0.4) is 0 Å². The molecular weight excluding hydrogens is 582 g/mol. The minimum atomic E-state index is -1.79. The summed E-state index contributed by atoms with van der Waals surface area (Å²) in [5, 5.41) is 27.0. The van der Waals surface area contributed by atoms with E-state index in [1.54, 1.807) is 23.6 Å². The molecule has 12 heteroatoms. The molecule has 0 aliphatic carbocycles. The number of nitrogens with zero attached hydrogens (tertiary/aromatic N) is 2.